The highest BCUT2D eigenvalue weighted by Gasteiger charge is 2.37. The van der Waals surface area contributed by atoms with Gasteiger partial charge in [-0.3, -0.25) is 0 Å². The zero-order valence-corrected chi connectivity index (χ0v) is 79.5. The van der Waals surface area contributed by atoms with Crippen molar-refractivity contribution in [2.45, 2.75) is 512 Å². The fourth-order valence-electron chi connectivity index (χ4n) is 16.6. The summed E-state index contributed by atoms with van der Waals surface area (Å²) in [6.07, 6.45) is 117. The normalized spacial score (nSPS) is 11.9. The lowest BCUT2D eigenvalue weighted by Gasteiger charge is -2.28. The largest absolute Gasteiger partial charge is 0.744 e. The molecule has 1 rings (SSSR count). The lowest BCUT2D eigenvalue weighted by atomic mass is 10.0. The van der Waals surface area contributed by atoms with Crippen molar-refractivity contribution < 1.29 is 32.8 Å². The molecule has 0 amide bonds. The van der Waals surface area contributed by atoms with E-state index in [9.17, 15) is 32.8 Å². The van der Waals surface area contributed by atoms with Crippen molar-refractivity contribution in [1.82, 2.24) is 0 Å². The molecule has 0 radical (unpaired) electrons. The third-order valence-corrected chi connectivity index (χ3v) is 40.2. The maximum absolute atomic E-state index is 10.7. The Kier molecular flexibility index (Phi) is 88.0. The number of carbonyl (C=O) groups excluding carboxylic acids is 2. The summed E-state index contributed by atoms with van der Waals surface area (Å²) in [6, 6.07) is 2.48. The van der Waals surface area contributed by atoms with Crippen molar-refractivity contribution in [1.29, 1.82) is 0 Å². The Bertz CT molecular complexity index is 1890. The van der Waals surface area contributed by atoms with Crippen LogP contribution in [0.2, 0.25) is 0 Å². The second kappa shape index (κ2) is 85.2. The van der Waals surface area contributed by atoms with Gasteiger partial charge in [-0.15, -0.1) is 0 Å². The molecule has 109 heavy (non-hydrogen) atoms. The van der Waals surface area contributed by atoms with Crippen molar-refractivity contribution in [3.05, 3.63) is 29.3 Å². The Morgan fingerprint density at radius 1 is 0.220 bits per heavy atom. The molecule has 0 N–H and O–H groups in total. The van der Waals surface area contributed by atoms with Gasteiger partial charge in [0, 0.05) is 32.9 Å². The average molecular weight is 1610 g/mol. The number of carbonyl (C=O) groups is 2. The molecule has 0 heterocycles. The van der Waals surface area contributed by atoms with Gasteiger partial charge < -0.3 is 24.4 Å². The summed E-state index contributed by atoms with van der Waals surface area (Å²) < 4.78 is 32.2. The van der Waals surface area contributed by atoms with Crippen LogP contribution in [0.3, 0.4) is 0 Å². The van der Waals surface area contributed by atoms with E-state index in [-0.39, 0.29) is 0 Å². The SMILES string of the molecule is CCCCCCCCCCCCCCCCCC[P+](CCCC)(CCCC)CCCC.CCCCCCCCCCCCCCCCCC[P+](CCCC)(CCCC)CCCC.CCCCCCCCCCCCCCCCCC[P+](CCCC)(CCCC)CCCC.O=C([O-])c1cccc(C(=O)[O-])c1S(=O)(=O)[O-]. The van der Waals surface area contributed by atoms with Gasteiger partial charge in [-0.2, -0.15) is 0 Å². The molecule has 0 aliphatic heterocycles. The van der Waals surface area contributed by atoms with Crippen molar-refractivity contribution in [3.63, 3.8) is 0 Å². The van der Waals surface area contributed by atoms with Crippen LogP contribution in [-0.4, -0.2) is 98.9 Å². The van der Waals surface area contributed by atoms with E-state index in [1.165, 1.54) is 405 Å². The summed E-state index contributed by atoms with van der Waals surface area (Å²) >= 11 is 0. The van der Waals surface area contributed by atoms with Crippen molar-refractivity contribution >= 4 is 43.8 Å². The Labute approximate surface area is 687 Å². The first-order chi connectivity index (χ1) is 53.0. The number of carboxylic acid groups (broad SMARTS) is 2. The molecule has 650 valence electrons. The molecular formula is C98H195O7P3S. The smallest absolute Gasteiger partial charge is 0.125 e. The van der Waals surface area contributed by atoms with Gasteiger partial charge in [0.1, 0.15) is 10.1 Å². The van der Waals surface area contributed by atoms with Gasteiger partial charge in [-0.05, 0) is 96.3 Å². The number of rotatable bonds is 81. The molecule has 0 saturated carbocycles. The lowest BCUT2D eigenvalue weighted by molar-refractivity contribution is -0.255. The third kappa shape index (κ3) is 71.2. The highest BCUT2D eigenvalue weighted by molar-refractivity contribution is 7.86. The predicted molar refractivity (Wildman–Crippen MR) is 495 cm³/mol. The summed E-state index contributed by atoms with van der Waals surface area (Å²) in [5.74, 6) is -3.92. The van der Waals surface area contributed by atoms with Crippen LogP contribution < -0.4 is 10.2 Å². The Morgan fingerprint density at radius 3 is 0.459 bits per heavy atom. The fraction of sp³-hybridized carbons (Fsp3) is 0.918. The summed E-state index contributed by atoms with van der Waals surface area (Å²) in [5, 5.41) is 21.0. The monoisotopic (exact) mass is 1610 g/mol. The first kappa shape index (κ1) is 113. The van der Waals surface area contributed by atoms with Crippen LogP contribution >= 0.6 is 21.8 Å². The molecule has 1 aromatic rings. The van der Waals surface area contributed by atoms with E-state index in [1.807, 2.05) is 0 Å². The molecule has 0 bridgehead atoms. The molecule has 0 saturated heterocycles. The van der Waals surface area contributed by atoms with Crippen LogP contribution in [0.5, 0.6) is 0 Å². The van der Waals surface area contributed by atoms with Crippen LogP contribution in [-0.2, 0) is 10.1 Å². The Hall–Kier alpha value is -0.640. The fourth-order valence-corrected chi connectivity index (χ4v) is 33.0. The number of carboxylic acids is 2. The van der Waals surface area contributed by atoms with E-state index in [0.29, 0.717) is 0 Å². The Morgan fingerprint density at radius 2 is 0.339 bits per heavy atom. The lowest BCUT2D eigenvalue weighted by Crippen LogP contribution is -2.29. The molecule has 0 aliphatic carbocycles. The highest BCUT2D eigenvalue weighted by atomic mass is 32.2. The second-order valence-corrected chi connectivity index (χ2v) is 49.2. The molecule has 0 unspecified atom stereocenters. The van der Waals surface area contributed by atoms with Crippen LogP contribution in [0.4, 0.5) is 0 Å². The zero-order chi connectivity index (χ0) is 81.2. The molecule has 0 fully saturated rings. The summed E-state index contributed by atoms with van der Waals surface area (Å²) in [4.78, 5) is 19.7. The van der Waals surface area contributed by atoms with E-state index < -0.39 is 59.9 Å². The third-order valence-electron chi connectivity index (χ3n) is 24.0. The molecule has 7 nitrogen and oxygen atoms in total. The van der Waals surface area contributed by atoms with Gasteiger partial charge in [0.15, 0.2) is 0 Å². The maximum atomic E-state index is 10.7. The predicted octanol–water partition coefficient (Wildman–Crippen LogP) is 32.3. The van der Waals surface area contributed by atoms with Crippen LogP contribution in [0, 0.1) is 0 Å². The number of aromatic carboxylic acids is 2. The molecule has 0 atom stereocenters. The van der Waals surface area contributed by atoms with E-state index in [0.717, 1.165) is 18.2 Å². The van der Waals surface area contributed by atoms with Crippen LogP contribution in [0.1, 0.15) is 528 Å². The topological polar surface area (TPSA) is 137 Å². The standard InChI is InChI=1S/3C30H64P.C8H6O7S/c3*1-5-9-13-14-15-16-17-18-19-20-21-22-23-24-25-26-30-31(27-10-6-2,28-11-7-3)29-12-8-4;9-7(10)4-2-1-3-5(8(11)12)6(4)16(13,14)15/h3*5-30H2,1-4H3;1-3H,(H,9,10)(H,11,12)(H,13,14,15)/q3*+1;/p-3. The highest BCUT2D eigenvalue weighted by Crippen LogP contribution is 2.63. The number of hydrogen-bond acceptors (Lipinski definition) is 7. The Balaban J connectivity index is -0.00000141. The van der Waals surface area contributed by atoms with Gasteiger partial charge in [0.25, 0.3) is 0 Å². The summed E-state index contributed by atoms with van der Waals surface area (Å²) in [6.45, 7) is 28.5. The van der Waals surface area contributed by atoms with E-state index in [4.69, 9.17) is 0 Å². The molecule has 0 spiro atoms. The van der Waals surface area contributed by atoms with Crippen LogP contribution in [0.15, 0.2) is 23.1 Å². The van der Waals surface area contributed by atoms with E-state index in [2.05, 4.69) is 83.1 Å². The van der Waals surface area contributed by atoms with Gasteiger partial charge in [0.2, 0.25) is 0 Å². The van der Waals surface area contributed by atoms with Crippen LogP contribution in [0.25, 0.3) is 0 Å². The molecule has 1 aromatic carbocycles. The molecule has 0 aromatic heterocycles. The van der Waals surface area contributed by atoms with Crippen molar-refractivity contribution in [3.8, 4) is 0 Å². The molecular weight excluding hydrogens is 1410 g/mol. The first-order valence-electron chi connectivity index (χ1n) is 49.0. The van der Waals surface area contributed by atoms with Crippen molar-refractivity contribution in [2.24, 2.45) is 0 Å². The minimum Gasteiger partial charge on any atom is -0.744 e. The number of unbranched alkanes of at least 4 members (excludes halogenated alkanes) is 54. The van der Waals surface area contributed by atoms with Gasteiger partial charge >= 0.3 is 0 Å². The summed E-state index contributed by atoms with van der Waals surface area (Å²) in [7, 11) is -7.15. The van der Waals surface area contributed by atoms with E-state index in [1.54, 1.807) is 93.2 Å². The number of hydrogen-bond donors (Lipinski definition) is 0. The van der Waals surface area contributed by atoms with Gasteiger partial charge in [-0.1, -0.05) is 429 Å². The van der Waals surface area contributed by atoms with Gasteiger partial charge in [-0.25, -0.2) is 8.42 Å². The molecule has 11 heteroatoms. The van der Waals surface area contributed by atoms with E-state index >= 15 is 0 Å². The minimum atomic E-state index is -5.25. The maximum Gasteiger partial charge on any atom is 0.125 e. The first-order valence-corrected chi connectivity index (χ1v) is 58.0. The molecule has 0 aliphatic rings. The number of benzene rings is 1. The minimum absolute atomic E-state index is 0.634. The zero-order valence-electron chi connectivity index (χ0n) is 76.0. The van der Waals surface area contributed by atoms with Gasteiger partial charge in [0.05, 0.1) is 90.8 Å². The second-order valence-electron chi connectivity index (χ2n) is 34.5. The average Bonchev–Trinajstić information content (AvgIpc) is 0.792. The quantitative estimate of drug-likeness (QED) is 0.0360. The van der Waals surface area contributed by atoms with Crippen molar-refractivity contribution in [2.75, 3.05) is 73.9 Å². The summed E-state index contributed by atoms with van der Waals surface area (Å²) in [5.41, 5.74) is -2.01.